The number of hydrogen-bond acceptors (Lipinski definition) is 2. The molecule has 5 heteroatoms. The first-order valence-corrected chi connectivity index (χ1v) is 7.64. The fraction of sp³-hybridized carbons (Fsp3) is 0.467. The minimum atomic E-state index is -0.489. The molecule has 1 heterocycles. The van der Waals surface area contributed by atoms with Crippen LogP contribution >= 0.6 is 15.9 Å². The molecule has 0 radical (unpaired) electrons. The van der Waals surface area contributed by atoms with Gasteiger partial charge in [0.1, 0.15) is 12.1 Å². The van der Waals surface area contributed by atoms with Crippen LogP contribution in [0.4, 0.5) is 5.69 Å². The number of rotatable bonds is 3. The number of carbonyl (C=O) groups is 2. The van der Waals surface area contributed by atoms with Gasteiger partial charge in [-0.1, -0.05) is 42.3 Å². The molecule has 1 fully saturated rings. The molecule has 1 aromatic carbocycles. The highest BCUT2D eigenvalue weighted by Crippen LogP contribution is 2.26. The minimum Gasteiger partial charge on any atom is -0.342 e. The van der Waals surface area contributed by atoms with E-state index in [-0.39, 0.29) is 17.7 Å². The van der Waals surface area contributed by atoms with Crippen LogP contribution in [0.1, 0.15) is 27.2 Å². The number of nitrogens with zero attached hydrogens (tertiary/aromatic N) is 1. The average molecular weight is 339 g/mol. The van der Waals surface area contributed by atoms with Gasteiger partial charge in [-0.3, -0.25) is 14.5 Å². The van der Waals surface area contributed by atoms with Crippen LogP contribution in [0, 0.1) is 5.92 Å². The number of anilines is 1. The third-order valence-electron chi connectivity index (χ3n) is 3.87. The first-order valence-electron chi connectivity index (χ1n) is 6.84. The molecule has 3 unspecified atom stereocenters. The van der Waals surface area contributed by atoms with Crippen LogP contribution in [-0.4, -0.2) is 23.9 Å². The van der Waals surface area contributed by atoms with Crippen molar-refractivity contribution in [3.8, 4) is 0 Å². The molecule has 0 bridgehead atoms. The molecule has 20 heavy (non-hydrogen) atoms. The Kier molecular flexibility index (Phi) is 4.48. The van der Waals surface area contributed by atoms with Crippen LogP contribution in [0.5, 0.6) is 0 Å². The maximum absolute atomic E-state index is 12.7. The fourth-order valence-electron chi connectivity index (χ4n) is 2.39. The van der Waals surface area contributed by atoms with E-state index in [4.69, 9.17) is 0 Å². The summed E-state index contributed by atoms with van der Waals surface area (Å²) in [4.78, 5) is 26.4. The van der Waals surface area contributed by atoms with E-state index in [9.17, 15) is 9.59 Å². The van der Waals surface area contributed by atoms with Crippen LogP contribution in [0.2, 0.25) is 0 Å². The molecule has 2 amide bonds. The fourth-order valence-corrected chi connectivity index (χ4v) is 2.78. The first-order chi connectivity index (χ1) is 9.45. The highest BCUT2D eigenvalue weighted by atomic mass is 79.9. The Hall–Kier alpha value is -1.36. The Morgan fingerprint density at radius 1 is 1.40 bits per heavy atom. The summed E-state index contributed by atoms with van der Waals surface area (Å²) >= 11 is 3.40. The molecule has 0 saturated carbocycles. The monoisotopic (exact) mass is 338 g/mol. The zero-order valence-corrected chi connectivity index (χ0v) is 13.5. The van der Waals surface area contributed by atoms with Gasteiger partial charge >= 0.3 is 0 Å². The molecule has 1 aliphatic heterocycles. The van der Waals surface area contributed by atoms with E-state index in [2.05, 4.69) is 21.2 Å². The van der Waals surface area contributed by atoms with Gasteiger partial charge in [0, 0.05) is 10.2 Å². The van der Waals surface area contributed by atoms with Gasteiger partial charge in [0.05, 0.1) is 0 Å². The molecule has 0 spiro atoms. The Balaban J connectivity index is 2.38. The van der Waals surface area contributed by atoms with Crippen LogP contribution in [0.15, 0.2) is 28.7 Å². The lowest BCUT2D eigenvalue weighted by Gasteiger charge is -2.39. The van der Waals surface area contributed by atoms with Gasteiger partial charge < -0.3 is 5.32 Å². The van der Waals surface area contributed by atoms with Crippen molar-refractivity contribution in [3.05, 3.63) is 28.7 Å². The number of carbonyl (C=O) groups excluding carboxylic acids is 2. The maximum Gasteiger partial charge on any atom is 0.250 e. The van der Waals surface area contributed by atoms with Crippen molar-refractivity contribution >= 4 is 33.4 Å². The highest BCUT2D eigenvalue weighted by Gasteiger charge is 2.40. The predicted molar refractivity (Wildman–Crippen MR) is 82.5 cm³/mol. The third kappa shape index (κ3) is 2.73. The second-order valence-corrected chi connectivity index (χ2v) is 6.15. The van der Waals surface area contributed by atoms with Crippen molar-refractivity contribution in [1.29, 1.82) is 0 Å². The third-order valence-corrected chi connectivity index (χ3v) is 4.36. The van der Waals surface area contributed by atoms with E-state index in [1.807, 2.05) is 38.1 Å². The molecule has 0 aromatic heterocycles. The van der Waals surface area contributed by atoms with Crippen molar-refractivity contribution in [2.45, 2.75) is 39.3 Å². The number of benzene rings is 1. The maximum atomic E-state index is 12.7. The largest absolute Gasteiger partial charge is 0.342 e. The van der Waals surface area contributed by atoms with Gasteiger partial charge in [-0.25, -0.2) is 0 Å². The molecule has 2 rings (SSSR count). The van der Waals surface area contributed by atoms with E-state index < -0.39 is 12.1 Å². The molecule has 1 aromatic rings. The Bertz CT molecular complexity index is 532. The van der Waals surface area contributed by atoms with Crippen molar-refractivity contribution in [2.75, 3.05) is 4.90 Å². The van der Waals surface area contributed by atoms with Gasteiger partial charge in [-0.2, -0.15) is 0 Å². The second kappa shape index (κ2) is 5.95. The summed E-state index contributed by atoms with van der Waals surface area (Å²) < 4.78 is 0.890. The van der Waals surface area contributed by atoms with E-state index in [1.54, 1.807) is 11.8 Å². The van der Waals surface area contributed by atoms with Crippen LogP contribution in [0.3, 0.4) is 0 Å². The van der Waals surface area contributed by atoms with E-state index in [0.29, 0.717) is 0 Å². The van der Waals surface area contributed by atoms with Crippen LogP contribution < -0.4 is 10.2 Å². The summed E-state index contributed by atoms with van der Waals surface area (Å²) in [7, 11) is 0. The van der Waals surface area contributed by atoms with Gasteiger partial charge in [0.15, 0.2) is 0 Å². The number of halogens is 1. The molecule has 108 valence electrons. The molecule has 3 atom stereocenters. The van der Waals surface area contributed by atoms with E-state index in [0.717, 1.165) is 16.6 Å². The molecular formula is C15H19BrN2O2. The second-order valence-electron chi connectivity index (χ2n) is 5.24. The topological polar surface area (TPSA) is 49.4 Å². The Morgan fingerprint density at radius 3 is 2.70 bits per heavy atom. The molecule has 4 nitrogen and oxygen atoms in total. The smallest absolute Gasteiger partial charge is 0.250 e. The van der Waals surface area contributed by atoms with Crippen LogP contribution in [0.25, 0.3) is 0 Å². The normalized spacial score (nSPS) is 24.5. The van der Waals surface area contributed by atoms with Crippen molar-refractivity contribution < 1.29 is 9.59 Å². The molecule has 1 aliphatic rings. The van der Waals surface area contributed by atoms with Gasteiger partial charge in [0.25, 0.3) is 5.91 Å². The van der Waals surface area contributed by atoms with Crippen molar-refractivity contribution in [1.82, 2.24) is 5.32 Å². The van der Waals surface area contributed by atoms with E-state index in [1.165, 1.54) is 0 Å². The number of nitrogens with one attached hydrogen (secondary N) is 1. The van der Waals surface area contributed by atoms with E-state index >= 15 is 0 Å². The highest BCUT2D eigenvalue weighted by molar-refractivity contribution is 9.10. The average Bonchev–Trinajstić information content (AvgIpc) is 2.42. The quantitative estimate of drug-likeness (QED) is 0.921. The van der Waals surface area contributed by atoms with Gasteiger partial charge in [-0.15, -0.1) is 0 Å². The van der Waals surface area contributed by atoms with Crippen molar-refractivity contribution in [2.24, 2.45) is 5.92 Å². The number of piperazine rings is 1. The van der Waals surface area contributed by atoms with Gasteiger partial charge in [-0.05, 0) is 31.0 Å². The molecular weight excluding hydrogens is 320 g/mol. The summed E-state index contributed by atoms with van der Waals surface area (Å²) in [5.74, 6) is -0.0203. The summed E-state index contributed by atoms with van der Waals surface area (Å²) in [6.45, 7) is 5.75. The first kappa shape index (κ1) is 15.0. The summed E-state index contributed by atoms with van der Waals surface area (Å²) in [5, 5.41) is 2.84. The molecule has 1 N–H and O–H groups in total. The lowest BCUT2D eigenvalue weighted by molar-refractivity contribution is -0.134. The Morgan fingerprint density at radius 2 is 2.10 bits per heavy atom. The predicted octanol–water partition coefficient (Wildman–Crippen LogP) is 2.72. The molecule has 1 saturated heterocycles. The standard InChI is InChI=1S/C15H19BrN2O2/c1-4-9(2)13-15(20)18(10(3)14(19)17-13)12-7-5-6-11(16)8-12/h5-10,13H,4H2,1-3H3,(H,17,19). The van der Waals surface area contributed by atoms with Crippen molar-refractivity contribution in [3.63, 3.8) is 0 Å². The SMILES string of the molecule is CCC(C)C1NC(=O)C(C)N(c2cccc(Br)c2)C1=O. The summed E-state index contributed by atoms with van der Waals surface area (Å²) in [6, 6.07) is 6.55. The number of hydrogen-bond donors (Lipinski definition) is 1. The minimum absolute atomic E-state index is 0.0375. The molecule has 0 aliphatic carbocycles. The zero-order chi connectivity index (χ0) is 14.9. The lowest BCUT2D eigenvalue weighted by atomic mass is 9.94. The lowest BCUT2D eigenvalue weighted by Crippen LogP contribution is -2.64. The van der Waals surface area contributed by atoms with Crippen LogP contribution in [-0.2, 0) is 9.59 Å². The summed E-state index contributed by atoms with van der Waals surface area (Å²) in [6.07, 6.45) is 0.845. The zero-order valence-electron chi connectivity index (χ0n) is 11.9. The Labute approximate surface area is 127 Å². The van der Waals surface area contributed by atoms with Gasteiger partial charge in [0.2, 0.25) is 5.91 Å². The summed E-state index contributed by atoms with van der Waals surface area (Å²) in [5.41, 5.74) is 0.750. The number of amides is 2.